The molecule has 0 aromatic carbocycles. The first kappa shape index (κ1) is 21.6. The largest absolute Gasteiger partial charge is 0.368 e. The van der Waals surface area contributed by atoms with Crippen molar-refractivity contribution in [2.75, 3.05) is 26.2 Å². The molecule has 2 aromatic heterocycles. The van der Waals surface area contributed by atoms with Crippen molar-refractivity contribution < 1.29 is 9.53 Å². The Morgan fingerprint density at radius 3 is 2.69 bits per heavy atom. The predicted molar refractivity (Wildman–Crippen MR) is 122 cm³/mol. The van der Waals surface area contributed by atoms with Crippen LogP contribution in [0.2, 0.25) is 0 Å². The van der Waals surface area contributed by atoms with Crippen LogP contribution in [0.5, 0.6) is 0 Å². The van der Waals surface area contributed by atoms with Gasteiger partial charge in [-0.05, 0) is 38.5 Å². The Morgan fingerprint density at radius 2 is 2.00 bits per heavy atom. The topological polar surface area (TPSA) is 82.9 Å². The molecule has 2 saturated heterocycles. The van der Waals surface area contributed by atoms with Crippen LogP contribution in [0.15, 0.2) is 10.9 Å². The lowest BCUT2D eigenvalue weighted by Crippen LogP contribution is -2.43. The van der Waals surface area contributed by atoms with Crippen molar-refractivity contribution in [1.82, 2.24) is 24.4 Å². The number of fused-ring (bicyclic) bond motifs is 2. The first-order valence-electron chi connectivity index (χ1n) is 12.4. The van der Waals surface area contributed by atoms with Crippen molar-refractivity contribution in [1.29, 1.82) is 0 Å². The first-order chi connectivity index (χ1) is 15.6. The number of carbonyl (C=O) groups is 1. The highest BCUT2D eigenvalue weighted by molar-refractivity contribution is 5.81. The molecule has 5 rings (SSSR count). The summed E-state index contributed by atoms with van der Waals surface area (Å²) in [6, 6.07) is 2.56. The standard InChI is InChI=1S/C24H35N5O3/c1-3-17(4-2)28-12-9-19-18(15-28)23(30)29-22(25-19)14-20(26-29)16-7-10-27(11-8-16)24(31)21-6-5-13-32-21/h14,16-17,21,26H,3-13,15H2,1-2H3. The van der Waals surface area contributed by atoms with E-state index in [2.05, 4.69) is 23.8 Å². The number of hydrogen-bond acceptors (Lipinski definition) is 5. The number of rotatable bonds is 5. The van der Waals surface area contributed by atoms with Crippen LogP contribution in [0.4, 0.5) is 0 Å². The minimum atomic E-state index is -0.242. The van der Waals surface area contributed by atoms with Crippen LogP contribution in [0, 0.1) is 0 Å². The van der Waals surface area contributed by atoms with Gasteiger partial charge in [0.2, 0.25) is 0 Å². The number of ether oxygens (including phenoxy) is 1. The third-order valence-corrected chi connectivity index (χ3v) is 7.72. The molecule has 0 aliphatic carbocycles. The summed E-state index contributed by atoms with van der Waals surface area (Å²) in [6.45, 7) is 8.27. The zero-order valence-corrected chi connectivity index (χ0v) is 19.3. The van der Waals surface area contributed by atoms with Crippen molar-refractivity contribution in [2.45, 2.75) is 83.4 Å². The van der Waals surface area contributed by atoms with Gasteiger partial charge in [0.25, 0.3) is 11.5 Å². The second-order valence-corrected chi connectivity index (χ2v) is 9.54. The molecule has 3 aliphatic rings. The summed E-state index contributed by atoms with van der Waals surface area (Å²) in [7, 11) is 0. The average Bonchev–Trinajstić information content (AvgIpc) is 3.51. The molecule has 3 aliphatic heterocycles. The maximum absolute atomic E-state index is 13.3. The van der Waals surface area contributed by atoms with Crippen LogP contribution in [0.1, 0.15) is 75.2 Å². The molecule has 0 spiro atoms. The van der Waals surface area contributed by atoms with E-state index in [0.29, 0.717) is 25.1 Å². The van der Waals surface area contributed by atoms with E-state index in [0.717, 1.165) is 87.2 Å². The molecule has 2 aromatic rings. The lowest BCUT2D eigenvalue weighted by Gasteiger charge is -2.33. The smallest absolute Gasteiger partial charge is 0.277 e. The molecule has 1 amide bonds. The van der Waals surface area contributed by atoms with E-state index >= 15 is 0 Å². The second kappa shape index (κ2) is 8.98. The average molecular weight is 442 g/mol. The lowest BCUT2D eigenvalue weighted by molar-refractivity contribution is -0.142. The van der Waals surface area contributed by atoms with Gasteiger partial charge in [-0.25, -0.2) is 9.50 Å². The highest BCUT2D eigenvalue weighted by atomic mass is 16.5. The van der Waals surface area contributed by atoms with Crippen LogP contribution >= 0.6 is 0 Å². The zero-order chi connectivity index (χ0) is 22.2. The number of likely N-dealkylation sites (tertiary alicyclic amines) is 1. The van der Waals surface area contributed by atoms with Crippen LogP contribution in [0.25, 0.3) is 5.65 Å². The molecular formula is C24H35N5O3. The van der Waals surface area contributed by atoms with E-state index in [1.165, 1.54) is 0 Å². The Balaban J connectivity index is 1.32. The Bertz CT molecular complexity index is 1030. The van der Waals surface area contributed by atoms with E-state index in [1.54, 1.807) is 4.52 Å². The van der Waals surface area contributed by atoms with Gasteiger partial charge in [-0.1, -0.05) is 13.8 Å². The highest BCUT2D eigenvalue weighted by Gasteiger charge is 2.32. The molecule has 0 saturated carbocycles. The van der Waals surface area contributed by atoms with Gasteiger partial charge in [-0.2, -0.15) is 0 Å². The number of aromatic nitrogens is 3. The zero-order valence-electron chi connectivity index (χ0n) is 19.3. The van der Waals surface area contributed by atoms with Crippen molar-refractivity contribution >= 4 is 11.6 Å². The molecule has 1 unspecified atom stereocenters. The SMILES string of the molecule is CCC(CC)N1CCc2nc3cc(C4CCN(C(=O)C5CCCO5)CC4)[nH]n3c(=O)c2C1. The Kier molecular flexibility index (Phi) is 6.07. The molecule has 8 heteroatoms. The number of nitrogens with one attached hydrogen (secondary N) is 1. The summed E-state index contributed by atoms with van der Waals surface area (Å²) in [5.41, 5.74) is 3.61. The van der Waals surface area contributed by atoms with Crippen LogP contribution < -0.4 is 5.56 Å². The Hall–Kier alpha value is -2.19. The van der Waals surface area contributed by atoms with Gasteiger partial charge < -0.3 is 9.64 Å². The van der Waals surface area contributed by atoms with Gasteiger partial charge in [0.1, 0.15) is 6.10 Å². The van der Waals surface area contributed by atoms with Crippen molar-refractivity contribution in [3.05, 3.63) is 33.4 Å². The van der Waals surface area contributed by atoms with Crippen LogP contribution in [-0.4, -0.2) is 68.7 Å². The summed E-state index contributed by atoms with van der Waals surface area (Å²) >= 11 is 0. The van der Waals surface area contributed by atoms with Gasteiger partial charge in [0.15, 0.2) is 5.65 Å². The van der Waals surface area contributed by atoms with Crippen molar-refractivity contribution in [3.8, 4) is 0 Å². The number of nitrogens with zero attached hydrogens (tertiary/aromatic N) is 4. The van der Waals surface area contributed by atoms with Gasteiger partial charge in [0, 0.05) is 62.9 Å². The monoisotopic (exact) mass is 441 g/mol. The minimum absolute atomic E-state index is 0.0397. The second-order valence-electron chi connectivity index (χ2n) is 9.54. The fourth-order valence-electron chi connectivity index (χ4n) is 5.73. The van der Waals surface area contributed by atoms with E-state index in [9.17, 15) is 9.59 Å². The van der Waals surface area contributed by atoms with E-state index in [4.69, 9.17) is 9.72 Å². The van der Waals surface area contributed by atoms with Gasteiger partial charge in [0.05, 0.1) is 11.3 Å². The molecule has 32 heavy (non-hydrogen) atoms. The molecule has 0 bridgehead atoms. The summed E-state index contributed by atoms with van der Waals surface area (Å²) in [4.78, 5) is 35.2. The van der Waals surface area contributed by atoms with Gasteiger partial charge in [-0.15, -0.1) is 0 Å². The van der Waals surface area contributed by atoms with Crippen LogP contribution in [0.3, 0.4) is 0 Å². The number of carbonyl (C=O) groups excluding carboxylic acids is 1. The number of piperidine rings is 1. The fourth-order valence-corrected chi connectivity index (χ4v) is 5.73. The van der Waals surface area contributed by atoms with E-state index < -0.39 is 0 Å². The summed E-state index contributed by atoms with van der Waals surface area (Å²) in [5.74, 6) is 0.452. The van der Waals surface area contributed by atoms with E-state index in [-0.39, 0.29) is 17.6 Å². The van der Waals surface area contributed by atoms with Crippen molar-refractivity contribution in [2.24, 2.45) is 0 Å². The third kappa shape index (κ3) is 3.88. The third-order valence-electron chi connectivity index (χ3n) is 7.72. The fraction of sp³-hybridized carbons (Fsp3) is 0.708. The first-order valence-corrected chi connectivity index (χ1v) is 12.4. The minimum Gasteiger partial charge on any atom is -0.368 e. The molecule has 1 atom stereocenters. The molecule has 174 valence electrons. The number of aromatic amines is 1. The summed E-state index contributed by atoms with van der Waals surface area (Å²) in [5, 5.41) is 3.35. The quantitative estimate of drug-likeness (QED) is 0.771. The lowest BCUT2D eigenvalue weighted by atomic mass is 9.93. The molecular weight excluding hydrogens is 406 g/mol. The van der Waals surface area contributed by atoms with E-state index in [1.807, 2.05) is 11.0 Å². The number of amides is 1. The highest BCUT2D eigenvalue weighted by Crippen LogP contribution is 2.29. The maximum Gasteiger partial charge on any atom is 0.277 e. The molecule has 1 N–H and O–H groups in total. The van der Waals surface area contributed by atoms with Crippen molar-refractivity contribution in [3.63, 3.8) is 0 Å². The van der Waals surface area contributed by atoms with Gasteiger partial charge in [-0.3, -0.25) is 19.6 Å². The summed E-state index contributed by atoms with van der Waals surface area (Å²) < 4.78 is 7.20. The normalized spacial score (nSPS) is 22.7. The molecule has 0 radical (unpaired) electrons. The van der Waals surface area contributed by atoms with Crippen LogP contribution in [-0.2, 0) is 22.5 Å². The number of H-pyrrole nitrogens is 1. The molecule has 2 fully saturated rings. The van der Waals surface area contributed by atoms with Gasteiger partial charge >= 0.3 is 0 Å². The Morgan fingerprint density at radius 1 is 1.22 bits per heavy atom. The molecule has 8 nitrogen and oxygen atoms in total. The number of hydrogen-bond donors (Lipinski definition) is 1. The summed E-state index contributed by atoms with van der Waals surface area (Å²) in [6.07, 6.45) is 6.39. The Labute approximate surface area is 188 Å². The maximum atomic E-state index is 13.3. The predicted octanol–water partition coefficient (Wildman–Crippen LogP) is 2.45. The molecule has 5 heterocycles.